The molecule has 0 aliphatic carbocycles. The van der Waals surface area contributed by atoms with Crippen molar-refractivity contribution in [2.45, 2.75) is 27.7 Å². The Bertz CT molecular complexity index is 272. The van der Waals surface area contributed by atoms with Crippen LogP contribution in [0.15, 0.2) is 24.3 Å². The van der Waals surface area contributed by atoms with Gasteiger partial charge in [0, 0.05) is 12.7 Å². The van der Waals surface area contributed by atoms with E-state index in [0.29, 0.717) is 11.3 Å². The van der Waals surface area contributed by atoms with Gasteiger partial charge in [-0.25, -0.2) is 0 Å². The third kappa shape index (κ3) is 5.73. The van der Waals surface area contributed by atoms with Gasteiger partial charge in [-0.05, 0) is 12.1 Å². The van der Waals surface area contributed by atoms with Gasteiger partial charge in [-0.1, -0.05) is 39.8 Å². The van der Waals surface area contributed by atoms with Crippen molar-refractivity contribution in [3.05, 3.63) is 29.8 Å². The zero-order valence-electron chi connectivity index (χ0n) is 10.3. The van der Waals surface area contributed by atoms with Gasteiger partial charge in [-0.3, -0.25) is 4.79 Å². The van der Waals surface area contributed by atoms with Crippen molar-refractivity contribution in [2.75, 3.05) is 12.8 Å². The summed E-state index contributed by atoms with van der Waals surface area (Å²) in [6.07, 6.45) is 0. The van der Waals surface area contributed by atoms with Crippen LogP contribution >= 0.6 is 0 Å². The van der Waals surface area contributed by atoms with Crippen molar-refractivity contribution in [1.82, 2.24) is 5.32 Å². The fourth-order valence-electron chi connectivity index (χ4n) is 0.838. The van der Waals surface area contributed by atoms with E-state index in [1.54, 1.807) is 31.3 Å². The topological polar surface area (TPSA) is 55.1 Å². The molecule has 1 aromatic carbocycles. The lowest BCUT2D eigenvalue weighted by Crippen LogP contribution is -2.19. The van der Waals surface area contributed by atoms with E-state index in [4.69, 9.17) is 5.73 Å². The molecule has 1 amide bonds. The molecule has 3 N–H and O–H groups in total. The number of amides is 1. The number of hydrogen-bond acceptors (Lipinski definition) is 2. The van der Waals surface area contributed by atoms with Crippen LogP contribution in [0, 0.1) is 0 Å². The number of rotatable bonds is 1. The van der Waals surface area contributed by atoms with Crippen LogP contribution in [0.1, 0.15) is 38.1 Å². The summed E-state index contributed by atoms with van der Waals surface area (Å²) in [4.78, 5) is 11.0. The summed E-state index contributed by atoms with van der Waals surface area (Å²) < 4.78 is 0. The average Bonchev–Trinajstić information content (AvgIpc) is 2.34. The monoisotopic (exact) mass is 210 g/mol. The largest absolute Gasteiger partial charge is 0.398 e. The van der Waals surface area contributed by atoms with Gasteiger partial charge < -0.3 is 11.1 Å². The minimum absolute atomic E-state index is 0.150. The summed E-state index contributed by atoms with van der Waals surface area (Å²) in [6.45, 7) is 8.00. The highest BCUT2D eigenvalue weighted by Crippen LogP contribution is 2.09. The zero-order chi connectivity index (χ0) is 12.3. The van der Waals surface area contributed by atoms with Crippen LogP contribution in [0.2, 0.25) is 0 Å². The number of para-hydroxylation sites is 1. The first-order valence-electron chi connectivity index (χ1n) is 5.32. The van der Waals surface area contributed by atoms with Gasteiger partial charge in [0.2, 0.25) is 0 Å². The van der Waals surface area contributed by atoms with E-state index in [0.717, 1.165) is 0 Å². The van der Waals surface area contributed by atoms with E-state index < -0.39 is 0 Å². The molecule has 3 heteroatoms. The Labute approximate surface area is 92.7 Å². The Kier molecular flexibility index (Phi) is 11.2. The normalized spacial score (nSPS) is 7.53. The minimum atomic E-state index is -0.150. The minimum Gasteiger partial charge on any atom is -0.398 e. The van der Waals surface area contributed by atoms with Gasteiger partial charge in [-0.2, -0.15) is 0 Å². The number of anilines is 1. The first-order chi connectivity index (χ1) is 7.25. The Balaban J connectivity index is 0. The van der Waals surface area contributed by atoms with Crippen LogP contribution in [0.3, 0.4) is 0 Å². The highest BCUT2D eigenvalue weighted by atomic mass is 16.1. The van der Waals surface area contributed by atoms with Crippen molar-refractivity contribution < 1.29 is 4.79 Å². The Hall–Kier alpha value is -1.51. The molecule has 0 saturated carbocycles. The Morgan fingerprint density at radius 3 is 2.00 bits per heavy atom. The molecule has 0 radical (unpaired) electrons. The van der Waals surface area contributed by atoms with Crippen molar-refractivity contribution in [3.8, 4) is 0 Å². The number of carbonyl (C=O) groups excluding carboxylic acids is 1. The van der Waals surface area contributed by atoms with Crippen LogP contribution in [0.4, 0.5) is 5.69 Å². The molecular weight excluding hydrogens is 188 g/mol. The highest BCUT2D eigenvalue weighted by molar-refractivity contribution is 5.98. The highest BCUT2D eigenvalue weighted by Gasteiger charge is 2.04. The third-order valence-corrected chi connectivity index (χ3v) is 1.43. The maximum atomic E-state index is 11.0. The molecule has 86 valence electrons. The number of hydrogen-bond donors (Lipinski definition) is 2. The van der Waals surface area contributed by atoms with Crippen LogP contribution in [0.25, 0.3) is 0 Å². The van der Waals surface area contributed by atoms with E-state index in [9.17, 15) is 4.79 Å². The van der Waals surface area contributed by atoms with Gasteiger partial charge in [0.15, 0.2) is 0 Å². The van der Waals surface area contributed by atoms with Crippen LogP contribution in [-0.2, 0) is 0 Å². The zero-order valence-corrected chi connectivity index (χ0v) is 10.3. The lowest BCUT2D eigenvalue weighted by atomic mass is 10.2. The summed E-state index contributed by atoms with van der Waals surface area (Å²) in [5.74, 6) is -0.150. The number of benzene rings is 1. The molecule has 0 atom stereocenters. The molecule has 1 rings (SSSR count). The standard InChI is InChI=1S/C8H10N2O.2C2H6/c1-10-8(11)6-4-2-3-5-7(6)9;2*1-2/h2-5H,9H2,1H3,(H,10,11);2*1-2H3. The molecule has 3 nitrogen and oxygen atoms in total. The summed E-state index contributed by atoms with van der Waals surface area (Å²) in [7, 11) is 1.58. The second-order valence-electron chi connectivity index (χ2n) is 2.17. The summed E-state index contributed by atoms with van der Waals surface area (Å²) in [5.41, 5.74) is 6.57. The fourth-order valence-corrected chi connectivity index (χ4v) is 0.838. The molecule has 0 aliphatic heterocycles. The van der Waals surface area contributed by atoms with Crippen molar-refractivity contribution in [1.29, 1.82) is 0 Å². The third-order valence-electron chi connectivity index (χ3n) is 1.43. The Morgan fingerprint density at radius 1 is 1.13 bits per heavy atom. The summed E-state index contributed by atoms with van der Waals surface area (Å²) in [5, 5.41) is 2.50. The van der Waals surface area contributed by atoms with E-state index in [1.807, 2.05) is 27.7 Å². The second-order valence-corrected chi connectivity index (χ2v) is 2.17. The fraction of sp³-hybridized carbons (Fsp3) is 0.417. The summed E-state index contributed by atoms with van der Waals surface area (Å²) >= 11 is 0. The van der Waals surface area contributed by atoms with Gasteiger partial charge in [-0.15, -0.1) is 0 Å². The predicted octanol–water partition coefficient (Wildman–Crippen LogP) is 2.68. The smallest absolute Gasteiger partial charge is 0.253 e. The van der Waals surface area contributed by atoms with E-state index >= 15 is 0 Å². The lowest BCUT2D eigenvalue weighted by molar-refractivity contribution is 0.0964. The first-order valence-corrected chi connectivity index (χ1v) is 5.32. The molecule has 0 fully saturated rings. The van der Waals surface area contributed by atoms with Crippen LogP contribution in [0.5, 0.6) is 0 Å². The molecule has 0 aliphatic rings. The second kappa shape index (κ2) is 10.6. The number of nitrogens with two attached hydrogens (primary N) is 1. The van der Waals surface area contributed by atoms with Gasteiger partial charge in [0.05, 0.1) is 5.56 Å². The van der Waals surface area contributed by atoms with E-state index in [-0.39, 0.29) is 5.91 Å². The van der Waals surface area contributed by atoms with E-state index in [2.05, 4.69) is 5.32 Å². The molecule has 0 spiro atoms. The maximum Gasteiger partial charge on any atom is 0.253 e. The van der Waals surface area contributed by atoms with Crippen molar-refractivity contribution in [2.24, 2.45) is 0 Å². The van der Waals surface area contributed by atoms with Crippen molar-refractivity contribution in [3.63, 3.8) is 0 Å². The number of nitrogens with one attached hydrogen (secondary N) is 1. The number of nitrogen functional groups attached to an aromatic ring is 1. The molecule has 0 unspecified atom stereocenters. The van der Waals surface area contributed by atoms with Crippen molar-refractivity contribution >= 4 is 11.6 Å². The number of carbonyl (C=O) groups is 1. The molecular formula is C12H22N2O. The molecule has 0 aromatic heterocycles. The summed E-state index contributed by atoms with van der Waals surface area (Å²) in [6, 6.07) is 6.96. The average molecular weight is 210 g/mol. The lowest BCUT2D eigenvalue weighted by Gasteiger charge is -2.01. The predicted molar refractivity (Wildman–Crippen MR) is 66.9 cm³/mol. The van der Waals surface area contributed by atoms with Gasteiger partial charge in [0.1, 0.15) is 0 Å². The quantitative estimate of drug-likeness (QED) is 0.700. The van der Waals surface area contributed by atoms with Gasteiger partial charge >= 0.3 is 0 Å². The molecule has 1 aromatic rings. The van der Waals surface area contributed by atoms with Gasteiger partial charge in [0.25, 0.3) is 5.91 Å². The molecule has 15 heavy (non-hydrogen) atoms. The molecule has 0 saturated heterocycles. The van der Waals surface area contributed by atoms with Crippen LogP contribution in [-0.4, -0.2) is 13.0 Å². The van der Waals surface area contributed by atoms with E-state index in [1.165, 1.54) is 0 Å². The SMILES string of the molecule is CC.CC.CNC(=O)c1ccccc1N. The first kappa shape index (κ1) is 15.9. The maximum absolute atomic E-state index is 11.0. The molecule has 0 bridgehead atoms. The Morgan fingerprint density at radius 2 is 1.60 bits per heavy atom. The molecule has 0 heterocycles. The van der Waals surface area contributed by atoms with Crippen LogP contribution < -0.4 is 11.1 Å².